The largest absolute Gasteiger partial charge is 0.271 e. The van der Waals surface area contributed by atoms with E-state index in [1.54, 1.807) is 36.4 Å². The van der Waals surface area contributed by atoms with E-state index in [0.29, 0.717) is 11.1 Å². The van der Waals surface area contributed by atoms with Gasteiger partial charge in [0.05, 0.1) is 17.8 Å². The van der Waals surface area contributed by atoms with Crippen LogP contribution in [0, 0.1) is 11.3 Å². The van der Waals surface area contributed by atoms with Crippen LogP contribution in [-0.2, 0) is 0 Å². The lowest BCUT2D eigenvalue weighted by atomic mass is 10.0. The molecule has 4 nitrogen and oxygen atoms in total. The van der Waals surface area contributed by atoms with Crippen molar-refractivity contribution in [1.29, 1.82) is 5.26 Å². The molecule has 0 radical (unpaired) electrons. The van der Waals surface area contributed by atoms with Crippen LogP contribution in [-0.4, -0.2) is 12.1 Å². The molecule has 0 aliphatic heterocycles. The van der Waals surface area contributed by atoms with Crippen LogP contribution in [0.2, 0.25) is 0 Å². The Morgan fingerprint density at radius 1 is 0.880 bits per heavy atom. The number of benzene rings is 3. The second kappa shape index (κ2) is 7.71. The van der Waals surface area contributed by atoms with E-state index >= 15 is 0 Å². The standard InChI is InChI=1S/C21H15N3O/c22-14-16-6-8-17(9-7-16)15-23-24-21(25)20-12-10-19(11-13-20)18-4-2-1-3-5-18/h1-13,15H,(H,24,25)/b23-15+. The summed E-state index contributed by atoms with van der Waals surface area (Å²) >= 11 is 0. The number of nitrogens with one attached hydrogen (secondary N) is 1. The predicted molar refractivity (Wildman–Crippen MR) is 98.1 cm³/mol. The van der Waals surface area contributed by atoms with Gasteiger partial charge in [0.2, 0.25) is 0 Å². The second-order valence-corrected chi connectivity index (χ2v) is 5.38. The predicted octanol–water partition coefficient (Wildman–Crippen LogP) is 3.99. The maximum Gasteiger partial charge on any atom is 0.271 e. The Balaban J connectivity index is 1.63. The molecule has 0 fully saturated rings. The summed E-state index contributed by atoms with van der Waals surface area (Å²) in [5.41, 5.74) is 6.59. The molecule has 0 spiro atoms. The van der Waals surface area contributed by atoms with Gasteiger partial charge in [0.25, 0.3) is 5.91 Å². The van der Waals surface area contributed by atoms with Gasteiger partial charge in [-0.15, -0.1) is 0 Å². The number of amides is 1. The topological polar surface area (TPSA) is 65.2 Å². The Morgan fingerprint density at radius 3 is 2.16 bits per heavy atom. The first kappa shape index (κ1) is 16.2. The monoisotopic (exact) mass is 325 g/mol. The van der Waals surface area contributed by atoms with Gasteiger partial charge in [-0.25, -0.2) is 5.43 Å². The third-order valence-electron chi connectivity index (χ3n) is 3.67. The van der Waals surface area contributed by atoms with E-state index in [-0.39, 0.29) is 5.91 Å². The van der Waals surface area contributed by atoms with E-state index in [9.17, 15) is 4.79 Å². The highest BCUT2D eigenvalue weighted by Gasteiger charge is 2.04. The van der Waals surface area contributed by atoms with E-state index in [4.69, 9.17) is 5.26 Å². The van der Waals surface area contributed by atoms with Crippen LogP contribution in [0.15, 0.2) is 84.0 Å². The molecule has 0 aromatic heterocycles. The Labute approximate surface area is 146 Å². The van der Waals surface area contributed by atoms with Gasteiger partial charge in [0, 0.05) is 5.56 Å². The van der Waals surface area contributed by atoms with Crippen LogP contribution >= 0.6 is 0 Å². The Bertz CT molecular complexity index is 922. The van der Waals surface area contributed by atoms with Crippen molar-refractivity contribution < 1.29 is 4.79 Å². The highest BCUT2D eigenvalue weighted by Crippen LogP contribution is 2.19. The fraction of sp³-hybridized carbons (Fsp3) is 0. The lowest BCUT2D eigenvalue weighted by Crippen LogP contribution is -2.17. The third-order valence-corrected chi connectivity index (χ3v) is 3.67. The zero-order valence-corrected chi connectivity index (χ0v) is 13.4. The van der Waals surface area contributed by atoms with Crippen molar-refractivity contribution in [2.24, 2.45) is 5.10 Å². The summed E-state index contributed by atoms with van der Waals surface area (Å²) in [6, 6.07) is 26.3. The maximum absolute atomic E-state index is 12.1. The van der Waals surface area contributed by atoms with Crippen LogP contribution in [0.25, 0.3) is 11.1 Å². The molecular formula is C21H15N3O. The molecule has 0 saturated heterocycles. The SMILES string of the molecule is N#Cc1ccc(/C=N/NC(=O)c2ccc(-c3ccccc3)cc2)cc1. The van der Waals surface area contributed by atoms with E-state index in [0.717, 1.165) is 16.7 Å². The molecule has 0 heterocycles. The first-order valence-corrected chi connectivity index (χ1v) is 7.75. The summed E-state index contributed by atoms with van der Waals surface area (Å²) in [6.45, 7) is 0. The number of carbonyl (C=O) groups excluding carboxylic acids is 1. The van der Waals surface area contributed by atoms with Gasteiger partial charge in [0.1, 0.15) is 0 Å². The Hall–Kier alpha value is -3.71. The second-order valence-electron chi connectivity index (χ2n) is 5.38. The molecule has 0 unspecified atom stereocenters. The minimum Gasteiger partial charge on any atom is -0.267 e. The summed E-state index contributed by atoms with van der Waals surface area (Å²) < 4.78 is 0. The lowest BCUT2D eigenvalue weighted by Gasteiger charge is -2.03. The number of hydrogen-bond acceptors (Lipinski definition) is 3. The zero-order chi connectivity index (χ0) is 17.5. The average molecular weight is 325 g/mol. The smallest absolute Gasteiger partial charge is 0.267 e. The number of carbonyl (C=O) groups is 1. The molecule has 3 aromatic carbocycles. The van der Waals surface area contributed by atoms with Crippen LogP contribution in [0.5, 0.6) is 0 Å². The van der Waals surface area contributed by atoms with Gasteiger partial charge in [-0.3, -0.25) is 4.79 Å². The minimum atomic E-state index is -0.274. The van der Waals surface area contributed by atoms with Gasteiger partial charge in [-0.05, 0) is 41.0 Å². The first-order valence-electron chi connectivity index (χ1n) is 7.75. The highest BCUT2D eigenvalue weighted by molar-refractivity contribution is 5.95. The zero-order valence-electron chi connectivity index (χ0n) is 13.4. The molecule has 0 bridgehead atoms. The van der Waals surface area contributed by atoms with Crippen LogP contribution in [0.1, 0.15) is 21.5 Å². The molecule has 1 N–H and O–H groups in total. The van der Waals surface area contributed by atoms with Gasteiger partial charge < -0.3 is 0 Å². The minimum absolute atomic E-state index is 0.274. The molecule has 0 atom stereocenters. The molecule has 4 heteroatoms. The quantitative estimate of drug-likeness (QED) is 0.582. The van der Waals surface area contributed by atoms with Crippen molar-refractivity contribution in [3.8, 4) is 17.2 Å². The van der Waals surface area contributed by atoms with Gasteiger partial charge in [-0.1, -0.05) is 54.6 Å². The molecule has 1 amide bonds. The van der Waals surface area contributed by atoms with Crippen molar-refractivity contribution in [2.45, 2.75) is 0 Å². The van der Waals surface area contributed by atoms with Gasteiger partial charge in [-0.2, -0.15) is 10.4 Å². The van der Waals surface area contributed by atoms with Crippen molar-refractivity contribution in [1.82, 2.24) is 5.43 Å². The van der Waals surface area contributed by atoms with E-state index in [1.165, 1.54) is 6.21 Å². The number of rotatable bonds is 4. The molecule has 3 aromatic rings. The average Bonchev–Trinajstić information content (AvgIpc) is 2.69. The van der Waals surface area contributed by atoms with Crippen LogP contribution < -0.4 is 5.43 Å². The normalized spacial score (nSPS) is 10.4. The number of hydrazone groups is 1. The summed E-state index contributed by atoms with van der Waals surface area (Å²) in [7, 11) is 0. The number of nitriles is 1. The van der Waals surface area contributed by atoms with Gasteiger partial charge in [0.15, 0.2) is 0 Å². The fourth-order valence-electron chi connectivity index (χ4n) is 2.32. The van der Waals surface area contributed by atoms with Gasteiger partial charge >= 0.3 is 0 Å². The van der Waals surface area contributed by atoms with E-state index in [1.807, 2.05) is 42.5 Å². The molecule has 0 aliphatic carbocycles. The van der Waals surface area contributed by atoms with Crippen molar-refractivity contribution in [2.75, 3.05) is 0 Å². The molecule has 120 valence electrons. The maximum atomic E-state index is 12.1. The van der Waals surface area contributed by atoms with E-state index in [2.05, 4.69) is 16.6 Å². The summed E-state index contributed by atoms with van der Waals surface area (Å²) in [6.07, 6.45) is 1.54. The molecule has 0 aliphatic rings. The van der Waals surface area contributed by atoms with Crippen LogP contribution in [0.3, 0.4) is 0 Å². The van der Waals surface area contributed by atoms with E-state index < -0.39 is 0 Å². The van der Waals surface area contributed by atoms with Crippen LogP contribution in [0.4, 0.5) is 0 Å². The van der Waals surface area contributed by atoms with Crippen molar-refractivity contribution >= 4 is 12.1 Å². The number of hydrogen-bond donors (Lipinski definition) is 1. The lowest BCUT2D eigenvalue weighted by molar-refractivity contribution is 0.0955. The Morgan fingerprint density at radius 2 is 1.52 bits per heavy atom. The highest BCUT2D eigenvalue weighted by atomic mass is 16.2. The van der Waals surface area contributed by atoms with Crippen molar-refractivity contribution in [3.63, 3.8) is 0 Å². The fourth-order valence-corrected chi connectivity index (χ4v) is 2.32. The molecule has 3 rings (SSSR count). The van der Waals surface area contributed by atoms with Crippen molar-refractivity contribution in [3.05, 3.63) is 95.6 Å². The Kier molecular flexibility index (Phi) is 4.98. The summed E-state index contributed by atoms with van der Waals surface area (Å²) in [5, 5.41) is 12.7. The third kappa shape index (κ3) is 4.18. The summed E-state index contributed by atoms with van der Waals surface area (Å²) in [4.78, 5) is 12.1. The molecule has 25 heavy (non-hydrogen) atoms. The number of nitrogens with zero attached hydrogens (tertiary/aromatic N) is 2. The molecule has 0 saturated carbocycles. The first-order chi connectivity index (χ1) is 12.3. The summed E-state index contributed by atoms with van der Waals surface area (Å²) in [5.74, 6) is -0.274. The molecular weight excluding hydrogens is 310 g/mol.